The predicted molar refractivity (Wildman–Crippen MR) is 60.7 cm³/mol. The minimum atomic E-state index is 0.364. The summed E-state index contributed by atoms with van der Waals surface area (Å²) in [4.78, 5) is 12.0. The number of nitrogens with two attached hydrogens (primary N) is 1. The first-order chi connectivity index (χ1) is 7.22. The van der Waals surface area contributed by atoms with E-state index in [4.69, 9.17) is 5.73 Å². The van der Waals surface area contributed by atoms with E-state index in [1.165, 1.54) is 5.56 Å². The molecule has 1 atom stereocenters. The van der Waals surface area contributed by atoms with Gasteiger partial charge in [0.15, 0.2) is 5.65 Å². The second-order valence-corrected chi connectivity index (χ2v) is 3.93. The fourth-order valence-electron chi connectivity index (χ4n) is 1.67. The van der Waals surface area contributed by atoms with E-state index in [0.717, 1.165) is 23.4 Å². The fraction of sp³-hybridized carbons (Fsp3) is 0.455. The molecule has 0 saturated carbocycles. The van der Waals surface area contributed by atoms with Gasteiger partial charge in [-0.1, -0.05) is 6.92 Å². The van der Waals surface area contributed by atoms with Crippen molar-refractivity contribution in [3.8, 4) is 0 Å². The highest BCUT2D eigenvalue weighted by atomic mass is 15.0. The van der Waals surface area contributed by atoms with Crippen molar-refractivity contribution in [2.24, 2.45) is 5.73 Å². The number of aromatic amines is 1. The smallest absolute Gasteiger partial charge is 0.177 e. The first-order valence-electron chi connectivity index (χ1n) is 5.23. The highest BCUT2D eigenvalue weighted by Gasteiger charge is 2.11. The number of pyridine rings is 1. The van der Waals surface area contributed by atoms with Gasteiger partial charge in [0.1, 0.15) is 5.82 Å². The minimum absolute atomic E-state index is 0.364. The molecule has 3 N–H and O–H groups in total. The number of imidazole rings is 1. The van der Waals surface area contributed by atoms with Crippen LogP contribution in [0.2, 0.25) is 0 Å². The average molecular weight is 204 g/mol. The molecule has 4 heteroatoms. The molecule has 15 heavy (non-hydrogen) atoms. The number of rotatable bonds is 3. The quantitative estimate of drug-likeness (QED) is 0.799. The highest BCUT2D eigenvalue weighted by molar-refractivity contribution is 5.74. The summed E-state index contributed by atoms with van der Waals surface area (Å²) >= 11 is 0. The van der Waals surface area contributed by atoms with Gasteiger partial charge in [0.25, 0.3) is 0 Å². The van der Waals surface area contributed by atoms with Crippen LogP contribution in [0.1, 0.15) is 30.7 Å². The summed E-state index contributed by atoms with van der Waals surface area (Å²) in [5, 5.41) is 0. The largest absolute Gasteiger partial charge is 0.340 e. The predicted octanol–water partition coefficient (Wildman–Crippen LogP) is 1.72. The molecule has 0 amide bonds. The Morgan fingerprint density at radius 3 is 3.00 bits per heavy atom. The van der Waals surface area contributed by atoms with Gasteiger partial charge in [-0.05, 0) is 31.5 Å². The van der Waals surface area contributed by atoms with Crippen molar-refractivity contribution in [1.82, 2.24) is 15.0 Å². The van der Waals surface area contributed by atoms with Gasteiger partial charge in [0.2, 0.25) is 0 Å². The molecule has 0 fully saturated rings. The third-order valence-corrected chi connectivity index (χ3v) is 2.69. The first-order valence-corrected chi connectivity index (χ1v) is 5.23. The van der Waals surface area contributed by atoms with Gasteiger partial charge < -0.3 is 10.7 Å². The van der Waals surface area contributed by atoms with Gasteiger partial charge in [-0.3, -0.25) is 0 Å². The molecule has 0 aromatic carbocycles. The van der Waals surface area contributed by atoms with Crippen LogP contribution < -0.4 is 5.73 Å². The SMILES string of the molecule is Cc1ccnc2nc(C(C)CCN)[nH]c12. The van der Waals surface area contributed by atoms with Crippen LogP contribution in [0.25, 0.3) is 11.2 Å². The van der Waals surface area contributed by atoms with Crippen LogP contribution in [0.4, 0.5) is 0 Å². The monoisotopic (exact) mass is 204 g/mol. The second-order valence-electron chi connectivity index (χ2n) is 3.93. The van der Waals surface area contributed by atoms with Gasteiger partial charge in [0.05, 0.1) is 5.52 Å². The van der Waals surface area contributed by atoms with Gasteiger partial charge in [0, 0.05) is 12.1 Å². The highest BCUT2D eigenvalue weighted by Crippen LogP contribution is 2.19. The maximum Gasteiger partial charge on any atom is 0.177 e. The molecule has 0 radical (unpaired) electrons. The Labute approximate surface area is 88.9 Å². The number of hydrogen-bond donors (Lipinski definition) is 2. The Hall–Kier alpha value is -1.42. The zero-order valence-electron chi connectivity index (χ0n) is 9.12. The molecule has 2 aromatic heterocycles. The number of H-pyrrole nitrogens is 1. The maximum absolute atomic E-state index is 5.53. The zero-order chi connectivity index (χ0) is 10.8. The summed E-state index contributed by atoms with van der Waals surface area (Å²) in [6.45, 7) is 4.87. The molecule has 2 rings (SSSR count). The Kier molecular flexibility index (Phi) is 2.68. The molecule has 0 aliphatic rings. The van der Waals surface area contributed by atoms with E-state index in [1.54, 1.807) is 6.20 Å². The molecule has 80 valence electrons. The van der Waals surface area contributed by atoms with Crippen molar-refractivity contribution in [2.75, 3.05) is 6.54 Å². The van der Waals surface area contributed by atoms with E-state index < -0.39 is 0 Å². The molecule has 0 aliphatic carbocycles. The summed E-state index contributed by atoms with van der Waals surface area (Å²) in [6.07, 6.45) is 2.73. The lowest BCUT2D eigenvalue weighted by atomic mass is 10.1. The molecular weight excluding hydrogens is 188 g/mol. The van der Waals surface area contributed by atoms with Crippen LogP contribution in [0.5, 0.6) is 0 Å². The zero-order valence-corrected chi connectivity index (χ0v) is 9.12. The lowest BCUT2D eigenvalue weighted by molar-refractivity contribution is 0.657. The van der Waals surface area contributed by atoms with E-state index in [1.807, 2.05) is 6.07 Å². The van der Waals surface area contributed by atoms with E-state index in [0.29, 0.717) is 12.5 Å². The van der Waals surface area contributed by atoms with E-state index in [9.17, 15) is 0 Å². The third kappa shape index (κ3) is 1.85. The lowest BCUT2D eigenvalue weighted by Crippen LogP contribution is -2.05. The summed E-state index contributed by atoms with van der Waals surface area (Å²) in [6, 6.07) is 1.98. The summed E-state index contributed by atoms with van der Waals surface area (Å²) in [7, 11) is 0. The lowest BCUT2D eigenvalue weighted by Gasteiger charge is -2.04. The maximum atomic E-state index is 5.53. The Morgan fingerprint density at radius 2 is 2.33 bits per heavy atom. The first kappa shape index (κ1) is 10.1. The van der Waals surface area contributed by atoms with Crippen LogP contribution in [0.15, 0.2) is 12.3 Å². The van der Waals surface area contributed by atoms with E-state index >= 15 is 0 Å². The van der Waals surface area contributed by atoms with Gasteiger partial charge >= 0.3 is 0 Å². The Balaban J connectivity index is 2.43. The molecule has 1 unspecified atom stereocenters. The van der Waals surface area contributed by atoms with Gasteiger partial charge in [-0.15, -0.1) is 0 Å². The van der Waals surface area contributed by atoms with Crippen LogP contribution in [0, 0.1) is 6.92 Å². The number of nitrogens with one attached hydrogen (secondary N) is 1. The number of aryl methyl sites for hydroxylation is 1. The van der Waals surface area contributed by atoms with Gasteiger partial charge in [-0.2, -0.15) is 0 Å². The Bertz CT molecular complexity index is 461. The molecule has 0 bridgehead atoms. The average Bonchev–Trinajstić information content (AvgIpc) is 2.63. The summed E-state index contributed by atoms with van der Waals surface area (Å²) < 4.78 is 0. The van der Waals surface area contributed by atoms with Crippen LogP contribution in [0.3, 0.4) is 0 Å². The Morgan fingerprint density at radius 1 is 1.53 bits per heavy atom. The van der Waals surface area contributed by atoms with Crippen LogP contribution >= 0.6 is 0 Å². The number of nitrogens with zero attached hydrogens (tertiary/aromatic N) is 2. The second kappa shape index (κ2) is 3.98. The van der Waals surface area contributed by atoms with Crippen molar-refractivity contribution in [3.05, 3.63) is 23.7 Å². The van der Waals surface area contributed by atoms with Crippen molar-refractivity contribution in [2.45, 2.75) is 26.2 Å². The number of hydrogen-bond acceptors (Lipinski definition) is 3. The van der Waals surface area contributed by atoms with Crippen molar-refractivity contribution < 1.29 is 0 Å². The van der Waals surface area contributed by atoms with Crippen molar-refractivity contribution in [3.63, 3.8) is 0 Å². The van der Waals surface area contributed by atoms with Crippen molar-refractivity contribution >= 4 is 11.2 Å². The van der Waals surface area contributed by atoms with E-state index in [-0.39, 0.29) is 0 Å². The summed E-state index contributed by atoms with van der Waals surface area (Å²) in [5.74, 6) is 1.35. The van der Waals surface area contributed by atoms with Crippen LogP contribution in [-0.2, 0) is 0 Å². The molecule has 0 saturated heterocycles. The fourth-order valence-corrected chi connectivity index (χ4v) is 1.67. The van der Waals surface area contributed by atoms with Crippen LogP contribution in [-0.4, -0.2) is 21.5 Å². The topological polar surface area (TPSA) is 67.6 Å². The molecule has 2 aromatic rings. The molecule has 4 nitrogen and oxygen atoms in total. The normalized spacial score (nSPS) is 13.3. The van der Waals surface area contributed by atoms with Crippen molar-refractivity contribution in [1.29, 1.82) is 0 Å². The minimum Gasteiger partial charge on any atom is -0.340 e. The standard InChI is InChI=1S/C11H16N4/c1-7-4-6-13-11-9(7)14-10(15-11)8(2)3-5-12/h4,6,8H,3,5,12H2,1-2H3,(H,13,14,15). The third-order valence-electron chi connectivity index (χ3n) is 2.69. The van der Waals surface area contributed by atoms with Gasteiger partial charge in [-0.25, -0.2) is 9.97 Å². The molecular formula is C11H16N4. The molecule has 0 spiro atoms. The number of fused-ring (bicyclic) bond motifs is 1. The number of aromatic nitrogens is 3. The van der Waals surface area contributed by atoms with E-state index in [2.05, 4.69) is 28.8 Å². The molecule has 2 heterocycles. The molecule has 0 aliphatic heterocycles. The summed E-state index contributed by atoms with van der Waals surface area (Å²) in [5.41, 5.74) is 8.55.